The highest BCUT2D eigenvalue weighted by molar-refractivity contribution is 5.89. The van der Waals surface area contributed by atoms with Crippen LogP contribution in [-0.4, -0.2) is 49.4 Å². The van der Waals surface area contributed by atoms with Gasteiger partial charge in [0.05, 0.1) is 17.4 Å². The lowest BCUT2D eigenvalue weighted by atomic mass is 9.92. The Labute approximate surface area is 194 Å². The fourth-order valence-corrected chi connectivity index (χ4v) is 4.48. The minimum absolute atomic E-state index is 0.0545. The van der Waals surface area contributed by atoms with E-state index in [4.69, 9.17) is 9.72 Å². The van der Waals surface area contributed by atoms with E-state index in [0.717, 1.165) is 40.7 Å². The van der Waals surface area contributed by atoms with Gasteiger partial charge in [-0.1, -0.05) is 0 Å². The number of aromatic nitrogens is 5. The number of nitrogens with one attached hydrogen (secondary N) is 1. The number of aromatic amines is 1. The van der Waals surface area contributed by atoms with Crippen molar-refractivity contribution in [2.45, 2.75) is 31.6 Å². The predicted molar refractivity (Wildman–Crippen MR) is 126 cm³/mol. The summed E-state index contributed by atoms with van der Waals surface area (Å²) in [5, 5.41) is 15.4. The summed E-state index contributed by atoms with van der Waals surface area (Å²) in [4.78, 5) is 24.1. The second kappa shape index (κ2) is 9.18. The van der Waals surface area contributed by atoms with Gasteiger partial charge >= 0.3 is 5.97 Å². The van der Waals surface area contributed by atoms with Gasteiger partial charge in [0.15, 0.2) is 5.65 Å². The minimum atomic E-state index is -0.831. The molecule has 0 radical (unpaired) electrons. The van der Waals surface area contributed by atoms with Crippen molar-refractivity contribution in [3.05, 3.63) is 60.4 Å². The molecule has 8 nitrogen and oxygen atoms in total. The van der Waals surface area contributed by atoms with Gasteiger partial charge in [0.25, 0.3) is 0 Å². The van der Waals surface area contributed by atoms with E-state index in [1.54, 1.807) is 30.1 Å². The molecule has 0 aliphatic carbocycles. The summed E-state index contributed by atoms with van der Waals surface area (Å²) in [7, 11) is 1.66. The molecule has 0 unspecified atom stereocenters. The number of ether oxygens (including phenoxy) is 1. The molecule has 4 heterocycles. The van der Waals surface area contributed by atoms with Gasteiger partial charge in [-0.3, -0.25) is 9.78 Å². The number of nitrogens with zero attached hydrogens (tertiary/aromatic N) is 4. The molecule has 174 valence electrons. The number of methoxy groups -OCH3 is 1. The Hall–Kier alpha value is -3.85. The third-order valence-corrected chi connectivity index (χ3v) is 6.13. The minimum Gasteiger partial charge on any atom is -0.481 e. The maximum atomic E-state index is 13.8. The van der Waals surface area contributed by atoms with E-state index in [-0.39, 0.29) is 18.2 Å². The topological polar surface area (TPSA) is 105 Å². The quantitative estimate of drug-likeness (QED) is 0.301. The molecule has 0 spiro atoms. The number of carbonyl (C=O) groups is 1. The summed E-state index contributed by atoms with van der Waals surface area (Å²) in [5.74, 6) is -1.21. The lowest BCUT2D eigenvalue weighted by Gasteiger charge is -2.17. The molecule has 0 aliphatic rings. The molecule has 0 amide bonds. The molecule has 1 aromatic carbocycles. The summed E-state index contributed by atoms with van der Waals surface area (Å²) in [5.41, 5.74) is 4.51. The van der Waals surface area contributed by atoms with Gasteiger partial charge in [0.2, 0.25) is 0 Å². The van der Waals surface area contributed by atoms with Gasteiger partial charge in [-0.25, -0.2) is 9.37 Å². The number of benzene rings is 1. The first kappa shape index (κ1) is 22.0. The Kier molecular flexibility index (Phi) is 5.93. The third kappa shape index (κ3) is 4.10. The Morgan fingerprint density at radius 1 is 1.24 bits per heavy atom. The fourth-order valence-electron chi connectivity index (χ4n) is 4.48. The second-order valence-electron chi connectivity index (χ2n) is 8.36. The average molecular weight is 461 g/mol. The van der Waals surface area contributed by atoms with Crippen molar-refractivity contribution in [3.63, 3.8) is 0 Å². The van der Waals surface area contributed by atoms with Crippen molar-refractivity contribution in [1.82, 2.24) is 24.6 Å². The van der Waals surface area contributed by atoms with Crippen LogP contribution in [0.1, 0.15) is 37.3 Å². The molecular formula is C25H24FN5O3. The largest absolute Gasteiger partial charge is 0.481 e. The number of rotatable bonds is 9. The van der Waals surface area contributed by atoms with Crippen molar-refractivity contribution in [2.75, 3.05) is 13.7 Å². The van der Waals surface area contributed by atoms with Crippen LogP contribution in [0.25, 0.3) is 38.7 Å². The van der Waals surface area contributed by atoms with Crippen LogP contribution >= 0.6 is 0 Å². The molecule has 9 heteroatoms. The zero-order chi connectivity index (χ0) is 23.7. The number of hydrogen-bond donors (Lipinski definition) is 2. The van der Waals surface area contributed by atoms with Crippen LogP contribution in [0.3, 0.4) is 0 Å². The normalized spacial score (nSPS) is 12.6. The Morgan fingerprint density at radius 2 is 2.12 bits per heavy atom. The second-order valence-corrected chi connectivity index (χ2v) is 8.36. The maximum Gasteiger partial charge on any atom is 0.303 e. The van der Waals surface area contributed by atoms with Crippen LogP contribution in [0.2, 0.25) is 0 Å². The van der Waals surface area contributed by atoms with Gasteiger partial charge in [0, 0.05) is 60.3 Å². The monoisotopic (exact) mass is 461 g/mol. The number of pyridine rings is 1. The summed E-state index contributed by atoms with van der Waals surface area (Å²) < 4.78 is 20.7. The fraction of sp³-hybridized carbons (Fsp3) is 0.280. The lowest BCUT2D eigenvalue weighted by Crippen LogP contribution is -2.09. The van der Waals surface area contributed by atoms with Crippen LogP contribution < -0.4 is 0 Å². The van der Waals surface area contributed by atoms with Crippen LogP contribution in [0.15, 0.2) is 48.9 Å². The van der Waals surface area contributed by atoms with Gasteiger partial charge in [-0.2, -0.15) is 9.61 Å². The molecule has 2 N–H and O–H groups in total. The van der Waals surface area contributed by atoms with Crippen molar-refractivity contribution in [2.24, 2.45) is 0 Å². The molecule has 1 atom stereocenters. The molecule has 34 heavy (non-hydrogen) atoms. The van der Waals surface area contributed by atoms with E-state index in [0.29, 0.717) is 29.6 Å². The maximum absolute atomic E-state index is 13.8. The molecule has 4 aromatic heterocycles. The van der Waals surface area contributed by atoms with E-state index in [1.807, 2.05) is 18.3 Å². The highest BCUT2D eigenvalue weighted by Crippen LogP contribution is 2.34. The van der Waals surface area contributed by atoms with Crippen LogP contribution in [0, 0.1) is 5.82 Å². The first-order valence-electron chi connectivity index (χ1n) is 11.2. The Morgan fingerprint density at radius 3 is 2.94 bits per heavy atom. The SMILES string of the molecule is COCCC[C@H](CCC(=O)O)c1nc2c(-c3cnc4ccc(F)cc4c3)cnn2c2[nH]ccc12. The first-order chi connectivity index (χ1) is 16.5. The lowest BCUT2D eigenvalue weighted by molar-refractivity contribution is -0.137. The highest BCUT2D eigenvalue weighted by Gasteiger charge is 2.22. The summed E-state index contributed by atoms with van der Waals surface area (Å²) in [6, 6.07) is 8.32. The van der Waals surface area contributed by atoms with Crippen LogP contribution in [0.4, 0.5) is 4.39 Å². The van der Waals surface area contributed by atoms with Gasteiger partial charge in [0.1, 0.15) is 11.5 Å². The number of hydrogen-bond acceptors (Lipinski definition) is 5. The van der Waals surface area contributed by atoms with E-state index in [9.17, 15) is 14.3 Å². The van der Waals surface area contributed by atoms with E-state index < -0.39 is 5.97 Å². The van der Waals surface area contributed by atoms with Crippen molar-refractivity contribution >= 4 is 33.6 Å². The number of H-pyrrole nitrogens is 1. The molecule has 0 fully saturated rings. The summed E-state index contributed by atoms with van der Waals surface area (Å²) >= 11 is 0. The Balaban J connectivity index is 1.65. The number of aliphatic carboxylic acids is 1. The third-order valence-electron chi connectivity index (χ3n) is 6.13. The number of fused-ring (bicyclic) bond motifs is 4. The average Bonchev–Trinajstić information content (AvgIpc) is 3.47. The zero-order valence-electron chi connectivity index (χ0n) is 18.7. The molecule has 0 saturated carbocycles. The molecule has 0 saturated heterocycles. The van der Waals surface area contributed by atoms with Crippen molar-refractivity contribution < 1.29 is 19.0 Å². The van der Waals surface area contributed by atoms with Gasteiger partial charge < -0.3 is 14.8 Å². The standard InChI is InChI=1S/C25H24FN5O3/c1-34-10-2-3-15(4-7-22(32)33)23-19-8-9-27-24(19)31-25(30-23)20(14-29-31)17-11-16-12-18(26)5-6-21(16)28-13-17/h5-6,8-9,11-15,27H,2-4,7,10H2,1H3,(H,32,33)/t15-/m1/s1. The molecule has 5 aromatic rings. The number of carboxylic acid groups (broad SMARTS) is 1. The van der Waals surface area contributed by atoms with E-state index in [1.165, 1.54) is 12.1 Å². The summed E-state index contributed by atoms with van der Waals surface area (Å²) in [6.07, 6.45) is 7.38. The van der Waals surface area contributed by atoms with Crippen molar-refractivity contribution in [3.8, 4) is 11.1 Å². The van der Waals surface area contributed by atoms with Gasteiger partial charge in [-0.05, 0) is 49.6 Å². The van der Waals surface area contributed by atoms with Crippen LogP contribution in [-0.2, 0) is 9.53 Å². The smallest absolute Gasteiger partial charge is 0.303 e. The first-order valence-corrected chi connectivity index (χ1v) is 11.2. The molecule has 0 bridgehead atoms. The molecule has 0 aliphatic heterocycles. The van der Waals surface area contributed by atoms with Crippen LogP contribution in [0.5, 0.6) is 0 Å². The van der Waals surface area contributed by atoms with E-state index >= 15 is 0 Å². The van der Waals surface area contributed by atoms with E-state index in [2.05, 4.69) is 15.1 Å². The van der Waals surface area contributed by atoms with Crippen molar-refractivity contribution in [1.29, 1.82) is 0 Å². The predicted octanol–water partition coefficient (Wildman–Crippen LogP) is 4.94. The molecular weight excluding hydrogens is 437 g/mol. The molecule has 5 rings (SSSR count). The van der Waals surface area contributed by atoms with Gasteiger partial charge in [-0.15, -0.1) is 0 Å². The highest BCUT2D eigenvalue weighted by atomic mass is 19.1. The number of carboxylic acids is 1. The Bertz CT molecular complexity index is 1490. The summed E-state index contributed by atoms with van der Waals surface area (Å²) in [6.45, 7) is 0.597. The zero-order valence-corrected chi connectivity index (χ0v) is 18.7. The number of halogens is 1.